The van der Waals surface area contributed by atoms with Crippen molar-refractivity contribution in [2.75, 3.05) is 33.8 Å². The van der Waals surface area contributed by atoms with Gasteiger partial charge in [0.05, 0.1) is 7.11 Å². The third kappa shape index (κ3) is 3.94. The van der Waals surface area contributed by atoms with Crippen molar-refractivity contribution in [3.05, 3.63) is 0 Å². The van der Waals surface area contributed by atoms with Crippen molar-refractivity contribution in [3.63, 3.8) is 0 Å². The van der Waals surface area contributed by atoms with Crippen molar-refractivity contribution >= 4 is 5.97 Å². The summed E-state index contributed by atoms with van der Waals surface area (Å²) in [6.45, 7) is 7.38. The van der Waals surface area contributed by atoms with Gasteiger partial charge in [0.1, 0.15) is 6.04 Å². The molecule has 0 radical (unpaired) electrons. The maximum absolute atomic E-state index is 11.2. The minimum Gasteiger partial charge on any atom is -0.468 e. The predicted molar refractivity (Wildman–Crippen MR) is 67.7 cm³/mol. The Hall–Kier alpha value is -0.650. The minimum atomic E-state index is -0.495. The van der Waals surface area contributed by atoms with Crippen molar-refractivity contribution in [1.82, 2.24) is 9.80 Å². The molecule has 0 amide bonds. The van der Waals surface area contributed by atoms with Gasteiger partial charge in [0.15, 0.2) is 0 Å². The smallest absolute Gasteiger partial charge is 0.322 e. The van der Waals surface area contributed by atoms with Crippen LogP contribution < -0.4 is 5.73 Å². The molecule has 0 bridgehead atoms. The summed E-state index contributed by atoms with van der Waals surface area (Å²) in [7, 11) is 3.54. The number of esters is 1. The van der Waals surface area contributed by atoms with E-state index in [9.17, 15) is 4.79 Å². The SMILES string of the molecule is COC(=O)C(N)CCN1CC(C)N(C)C(C)C1. The van der Waals surface area contributed by atoms with Crippen molar-refractivity contribution in [3.8, 4) is 0 Å². The second-order valence-corrected chi connectivity index (χ2v) is 5.04. The Morgan fingerprint density at radius 1 is 1.41 bits per heavy atom. The van der Waals surface area contributed by atoms with Gasteiger partial charge in [-0.05, 0) is 27.3 Å². The summed E-state index contributed by atoms with van der Waals surface area (Å²) >= 11 is 0. The summed E-state index contributed by atoms with van der Waals surface area (Å²) in [4.78, 5) is 16.0. The Labute approximate surface area is 104 Å². The second kappa shape index (κ2) is 6.33. The molecular formula is C12H25N3O2. The molecule has 1 fully saturated rings. The highest BCUT2D eigenvalue weighted by atomic mass is 16.5. The molecule has 0 aliphatic carbocycles. The molecule has 5 heteroatoms. The van der Waals surface area contributed by atoms with Gasteiger partial charge in [-0.15, -0.1) is 0 Å². The van der Waals surface area contributed by atoms with E-state index in [-0.39, 0.29) is 5.97 Å². The van der Waals surface area contributed by atoms with Gasteiger partial charge >= 0.3 is 5.97 Å². The molecule has 17 heavy (non-hydrogen) atoms. The Balaban J connectivity index is 2.35. The maximum atomic E-state index is 11.2. The van der Waals surface area contributed by atoms with E-state index in [1.807, 2.05) is 0 Å². The third-order valence-corrected chi connectivity index (χ3v) is 3.70. The van der Waals surface area contributed by atoms with Gasteiger partial charge in [0, 0.05) is 31.7 Å². The normalized spacial score (nSPS) is 29.0. The van der Waals surface area contributed by atoms with Gasteiger partial charge < -0.3 is 15.4 Å². The molecule has 0 saturated carbocycles. The number of carbonyl (C=O) groups excluding carboxylic acids is 1. The lowest BCUT2D eigenvalue weighted by Gasteiger charge is -2.42. The zero-order chi connectivity index (χ0) is 13.0. The van der Waals surface area contributed by atoms with Crippen LogP contribution >= 0.6 is 0 Å². The lowest BCUT2D eigenvalue weighted by Crippen LogP contribution is -2.55. The highest BCUT2D eigenvalue weighted by Gasteiger charge is 2.26. The van der Waals surface area contributed by atoms with Crippen LogP contribution in [0, 0.1) is 0 Å². The Morgan fingerprint density at radius 2 is 1.94 bits per heavy atom. The van der Waals surface area contributed by atoms with Crippen LogP contribution in [0.15, 0.2) is 0 Å². The first-order valence-corrected chi connectivity index (χ1v) is 6.23. The summed E-state index contributed by atoms with van der Waals surface area (Å²) < 4.78 is 4.62. The summed E-state index contributed by atoms with van der Waals surface area (Å²) in [5.41, 5.74) is 5.73. The molecule has 0 aromatic carbocycles. The van der Waals surface area contributed by atoms with Crippen molar-refractivity contribution in [1.29, 1.82) is 0 Å². The molecule has 1 heterocycles. The first-order valence-electron chi connectivity index (χ1n) is 6.23. The lowest BCUT2D eigenvalue weighted by atomic mass is 10.1. The molecular weight excluding hydrogens is 218 g/mol. The van der Waals surface area contributed by atoms with Crippen molar-refractivity contribution < 1.29 is 9.53 Å². The number of piperazine rings is 1. The predicted octanol–water partition coefficient (Wildman–Crippen LogP) is -0.0988. The van der Waals surface area contributed by atoms with Crippen molar-refractivity contribution in [2.24, 2.45) is 5.73 Å². The molecule has 0 aromatic rings. The Kier molecular flexibility index (Phi) is 5.36. The molecule has 0 aromatic heterocycles. The zero-order valence-electron chi connectivity index (χ0n) is 11.3. The number of carbonyl (C=O) groups is 1. The molecule has 1 saturated heterocycles. The average Bonchev–Trinajstić information content (AvgIpc) is 2.31. The van der Waals surface area contributed by atoms with E-state index >= 15 is 0 Å². The second-order valence-electron chi connectivity index (χ2n) is 5.04. The van der Waals surface area contributed by atoms with Crippen LogP contribution in [0.1, 0.15) is 20.3 Å². The van der Waals surface area contributed by atoms with Crippen LogP contribution in [0.5, 0.6) is 0 Å². The monoisotopic (exact) mass is 243 g/mol. The number of nitrogens with zero attached hydrogens (tertiary/aromatic N) is 2. The van der Waals surface area contributed by atoms with Crippen LogP contribution in [0.4, 0.5) is 0 Å². The maximum Gasteiger partial charge on any atom is 0.322 e. The van der Waals surface area contributed by atoms with Gasteiger partial charge in [-0.25, -0.2) is 0 Å². The van der Waals surface area contributed by atoms with E-state index in [1.54, 1.807) is 0 Å². The third-order valence-electron chi connectivity index (χ3n) is 3.70. The number of likely N-dealkylation sites (N-methyl/N-ethyl adjacent to an activating group) is 1. The van der Waals surface area contributed by atoms with Crippen LogP contribution in [0.2, 0.25) is 0 Å². The number of rotatable bonds is 4. The fourth-order valence-corrected chi connectivity index (χ4v) is 2.29. The van der Waals surface area contributed by atoms with Crippen LogP contribution in [0.3, 0.4) is 0 Å². The highest BCUT2D eigenvalue weighted by Crippen LogP contribution is 2.13. The fraction of sp³-hybridized carbons (Fsp3) is 0.917. The molecule has 1 aliphatic heterocycles. The summed E-state index contributed by atoms with van der Waals surface area (Å²) in [6, 6.07) is 0.603. The van der Waals surface area contributed by atoms with E-state index in [2.05, 4.69) is 35.4 Å². The summed E-state index contributed by atoms with van der Waals surface area (Å²) in [6.07, 6.45) is 0.663. The molecule has 2 N–H and O–H groups in total. The number of methoxy groups -OCH3 is 1. The summed E-state index contributed by atoms with van der Waals surface area (Å²) in [5.74, 6) is -0.319. The number of nitrogens with two attached hydrogens (primary N) is 1. The number of hydrogen-bond donors (Lipinski definition) is 1. The summed E-state index contributed by atoms with van der Waals surface area (Å²) in [5, 5.41) is 0. The molecule has 100 valence electrons. The van der Waals surface area contributed by atoms with E-state index in [4.69, 9.17) is 5.73 Å². The molecule has 3 unspecified atom stereocenters. The van der Waals surface area contributed by atoms with E-state index in [1.165, 1.54) is 7.11 Å². The topological polar surface area (TPSA) is 58.8 Å². The first kappa shape index (κ1) is 14.4. The Bertz CT molecular complexity index is 248. The molecule has 1 rings (SSSR count). The Morgan fingerprint density at radius 3 is 2.41 bits per heavy atom. The van der Waals surface area contributed by atoms with Gasteiger partial charge in [0.25, 0.3) is 0 Å². The number of hydrogen-bond acceptors (Lipinski definition) is 5. The standard InChI is InChI=1S/C12H25N3O2/c1-9-7-15(8-10(2)14(9)3)6-5-11(13)12(16)17-4/h9-11H,5-8,13H2,1-4H3. The van der Waals surface area contributed by atoms with Crippen LogP contribution in [0.25, 0.3) is 0 Å². The fourth-order valence-electron chi connectivity index (χ4n) is 2.29. The molecule has 1 aliphatic rings. The van der Waals surface area contributed by atoms with Gasteiger partial charge in [-0.2, -0.15) is 0 Å². The van der Waals surface area contributed by atoms with Crippen LogP contribution in [-0.4, -0.2) is 67.7 Å². The largest absolute Gasteiger partial charge is 0.468 e. The quantitative estimate of drug-likeness (QED) is 0.699. The number of ether oxygens (including phenoxy) is 1. The van der Waals surface area contributed by atoms with Crippen molar-refractivity contribution in [2.45, 2.75) is 38.4 Å². The molecule has 3 atom stereocenters. The molecule has 5 nitrogen and oxygen atoms in total. The van der Waals surface area contributed by atoms with Gasteiger partial charge in [-0.3, -0.25) is 9.69 Å². The zero-order valence-corrected chi connectivity index (χ0v) is 11.3. The first-order chi connectivity index (χ1) is 7.95. The average molecular weight is 243 g/mol. The lowest BCUT2D eigenvalue weighted by molar-refractivity contribution is -0.142. The van der Waals surface area contributed by atoms with Gasteiger partial charge in [0.2, 0.25) is 0 Å². The highest BCUT2D eigenvalue weighted by molar-refractivity contribution is 5.75. The van der Waals surface area contributed by atoms with Gasteiger partial charge in [-0.1, -0.05) is 0 Å². The molecule has 0 spiro atoms. The minimum absolute atomic E-state index is 0.319. The van der Waals surface area contributed by atoms with E-state index in [0.717, 1.165) is 19.6 Å². The van der Waals surface area contributed by atoms with E-state index < -0.39 is 6.04 Å². The van der Waals surface area contributed by atoms with E-state index in [0.29, 0.717) is 18.5 Å². The van der Waals surface area contributed by atoms with Crippen LogP contribution in [-0.2, 0) is 9.53 Å².